The Morgan fingerprint density at radius 3 is 2.67 bits per heavy atom. The largest absolute Gasteiger partial charge is 0.394 e. The van der Waals surface area contributed by atoms with Crippen molar-refractivity contribution in [1.29, 1.82) is 0 Å². The highest BCUT2D eigenvalue weighted by atomic mass is 35.5. The molecule has 2 aromatic carbocycles. The molecule has 0 atom stereocenters. The van der Waals surface area contributed by atoms with Crippen molar-refractivity contribution < 1.29 is 5.11 Å². The minimum atomic E-state index is 0.0621. The van der Waals surface area contributed by atoms with Crippen LogP contribution in [0.3, 0.4) is 0 Å². The van der Waals surface area contributed by atoms with Crippen LogP contribution in [-0.4, -0.2) is 27.2 Å². The van der Waals surface area contributed by atoms with Gasteiger partial charge in [0.05, 0.1) is 31.1 Å². The monoisotopic (exact) mass is 337 g/mol. The van der Waals surface area contributed by atoms with Crippen molar-refractivity contribution in [2.45, 2.75) is 13.1 Å². The van der Waals surface area contributed by atoms with Gasteiger partial charge in [-0.05, 0) is 17.7 Å². The minimum Gasteiger partial charge on any atom is -0.394 e. The molecule has 120 valence electrons. The number of rotatable bonds is 3. The van der Waals surface area contributed by atoms with E-state index in [9.17, 15) is 0 Å². The summed E-state index contributed by atoms with van der Waals surface area (Å²) in [4.78, 5) is 4.81. The van der Waals surface area contributed by atoms with Gasteiger partial charge in [-0.3, -0.25) is 9.67 Å². The predicted octanol–water partition coefficient (Wildman–Crippen LogP) is 3.55. The lowest BCUT2D eigenvalue weighted by molar-refractivity contribution is 0.269. The second-order valence-corrected chi connectivity index (χ2v) is 6.13. The number of fused-ring (bicyclic) bond motifs is 3. The lowest BCUT2D eigenvalue weighted by atomic mass is 9.94. The maximum atomic E-state index is 9.15. The summed E-state index contributed by atoms with van der Waals surface area (Å²) < 4.78 is 1.77. The van der Waals surface area contributed by atoms with E-state index in [1.807, 2.05) is 42.6 Å². The maximum absolute atomic E-state index is 9.15. The molecule has 4 nitrogen and oxygen atoms in total. The van der Waals surface area contributed by atoms with Crippen LogP contribution < -0.4 is 0 Å². The van der Waals surface area contributed by atoms with E-state index >= 15 is 0 Å². The zero-order valence-corrected chi connectivity index (χ0v) is 13.7. The van der Waals surface area contributed by atoms with Crippen molar-refractivity contribution >= 4 is 17.3 Å². The summed E-state index contributed by atoms with van der Waals surface area (Å²) in [7, 11) is 0. The molecule has 0 saturated carbocycles. The molecule has 0 radical (unpaired) electrons. The quantitative estimate of drug-likeness (QED) is 0.794. The molecule has 1 aliphatic rings. The lowest BCUT2D eigenvalue weighted by Gasteiger charge is -2.10. The van der Waals surface area contributed by atoms with Crippen LogP contribution in [-0.2, 0) is 13.1 Å². The molecule has 1 aromatic heterocycles. The molecule has 2 heterocycles. The molecule has 0 aliphatic carbocycles. The van der Waals surface area contributed by atoms with Crippen molar-refractivity contribution in [2.24, 2.45) is 4.99 Å². The Bertz CT molecular complexity index is 916. The molecule has 0 fully saturated rings. The Hall–Kier alpha value is -2.43. The minimum absolute atomic E-state index is 0.0621. The van der Waals surface area contributed by atoms with Gasteiger partial charge in [0.25, 0.3) is 0 Å². The van der Waals surface area contributed by atoms with Gasteiger partial charge in [-0.2, -0.15) is 5.10 Å². The third-order valence-electron chi connectivity index (χ3n) is 4.13. The number of aromatic nitrogens is 2. The van der Waals surface area contributed by atoms with Crippen molar-refractivity contribution in [3.05, 3.63) is 76.6 Å². The number of aliphatic hydroxyl groups is 1. The fourth-order valence-electron chi connectivity index (χ4n) is 3.05. The van der Waals surface area contributed by atoms with E-state index in [1.54, 1.807) is 4.68 Å². The normalized spacial score (nSPS) is 13.0. The van der Waals surface area contributed by atoms with Crippen LogP contribution in [0.15, 0.2) is 59.7 Å². The number of halogens is 1. The van der Waals surface area contributed by atoms with Crippen LogP contribution >= 0.6 is 11.6 Å². The molecule has 0 bridgehead atoms. The van der Waals surface area contributed by atoms with Crippen molar-refractivity contribution in [2.75, 3.05) is 6.61 Å². The Balaban J connectivity index is 1.91. The first-order valence-electron chi connectivity index (χ1n) is 7.83. The van der Waals surface area contributed by atoms with E-state index in [1.165, 1.54) is 0 Å². The van der Waals surface area contributed by atoms with Gasteiger partial charge in [0, 0.05) is 27.9 Å². The second-order valence-electron chi connectivity index (χ2n) is 5.70. The number of hydrogen-bond acceptors (Lipinski definition) is 3. The summed E-state index contributed by atoms with van der Waals surface area (Å²) in [6, 6.07) is 16.0. The fraction of sp³-hybridized carbons (Fsp3) is 0.158. The Kier molecular flexibility index (Phi) is 3.92. The van der Waals surface area contributed by atoms with E-state index in [-0.39, 0.29) is 6.61 Å². The van der Waals surface area contributed by atoms with Gasteiger partial charge >= 0.3 is 0 Å². The van der Waals surface area contributed by atoms with Crippen LogP contribution in [0.1, 0.15) is 16.8 Å². The van der Waals surface area contributed by atoms with Gasteiger partial charge in [-0.15, -0.1) is 0 Å². The zero-order chi connectivity index (χ0) is 16.5. The summed E-state index contributed by atoms with van der Waals surface area (Å²) in [5, 5.41) is 14.4. The van der Waals surface area contributed by atoms with Gasteiger partial charge in [0.15, 0.2) is 0 Å². The van der Waals surface area contributed by atoms with Crippen LogP contribution in [0.2, 0.25) is 5.02 Å². The molecule has 0 saturated heterocycles. The van der Waals surface area contributed by atoms with Gasteiger partial charge in [0.1, 0.15) is 0 Å². The molecule has 4 rings (SSSR count). The molecule has 24 heavy (non-hydrogen) atoms. The number of hydrogen-bond donors (Lipinski definition) is 1. The summed E-state index contributed by atoms with van der Waals surface area (Å²) in [6.07, 6.45) is 1.97. The summed E-state index contributed by atoms with van der Waals surface area (Å²) >= 11 is 6.26. The summed E-state index contributed by atoms with van der Waals surface area (Å²) in [5.41, 5.74) is 6.03. The number of nitrogens with zero attached hydrogens (tertiary/aromatic N) is 3. The van der Waals surface area contributed by atoms with E-state index < -0.39 is 0 Å². The Labute approximate surface area is 145 Å². The molecule has 3 aromatic rings. The average molecular weight is 338 g/mol. The summed E-state index contributed by atoms with van der Waals surface area (Å²) in [5.74, 6) is 0. The zero-order valence-electron chi connectivity index (χ0n) is 13.0. The third kappa shape index (κ3) is 2.64. The highest BCUT2D eigenvalue weighted by Gasteiger charge is 2.21. The van der Waals surface area contributed by atoms with Crippen LogP contribution in [0.4, 0.5) is 0 Å². The Morgan fingerprint density at radius 2 is 1.88 bits per heavy atom. The van der Waals surface area contributed by atoms with E-state index in [0.29, 0.717) is 18.1 Å². The molecular formula is C19H16ClN3O. The van der Waals surface area contributed by atoms with Gasteiger partial charge in [0.2, 0.25) is 0 Å². The number of aliphatic imine (C=N–C) groups is 1. The van der Waals surface area contributed by atoms with Crippen molar-refractivity contribution in [3.8, 4) is 11.1 Å². The molecule has 0 unspecified atom stereocenters. The lowest BCUT2D eigenvalue weighted by Crippen LogP contribution is -2.05. The maximum Gasteiger partial charge on any atom is 0.0917 e. The van der Waals surface area contributed by atoms with E-state index in [2.05, 4.69) is 17.2 Å². The van der Waals surface area contributed by atoms with Gasteiger partial charge in [-0.1, -0.05) is 48.0 Å². The second kappa shape index (κ2) is 6.23. The number of aliphatic hydroxyl groups excluding tert-OH is 1. The first-order chi connectivity index (χ1) is 11.8. The van der Waals surface area contributed by atoms with E-state index in [0.717, 1.165) is 33.7 Å². The van der Waals surface area contributed by atoms with Crippen LogP contribution in [0.5, 0.6) is 0 Å². The predicted molar refractivity (Wildman–Crippen MR) is 95.5 cm³/mol. The molecule has 0 spiro atoms. The third-order valence-corrected chi connectivity index (χ3v) is 4.36. The molecule has 1 aliphatic heterocycles. The fourth-order valence-corrected chi connectivity index (χ4v) is 3.22. The molecule has 1 N–H and O–H groups in total. The first kappa shape index (κ1) is 15.1. The smallest absolute Gasteiger partial charge is 0.0917 e. The highest BCUT2D eigenvalue weighted by Crippen LogP contribution is 2.33. The van der Waals surface area contributed by atoms with Crippen LogP contribution in [0.25, 0.3) is 11.1 Å². The van der Waals surface area contributed by atoms with Gasteiger partial charge in [-0.25, -0.2) is 0 Å². The van der Waals surface area contributed by atoms with E-state index in [4.69, 9.17) is 21.7 Å². The Morgan fingerprint density at radius 1 is 1.04 bits per heavy atom. The van der Waals surface area contributed by atoms with Crippen molar-refractivity contribution in [1.82, 2.24) is 9.78 Å². The molecular weight excluding hydrogens is 322 g/mol. The number of benzene rings is 2. The van der Waals surface area contributed by atoms with Gasteiger partial charge < -0.3 is 5.11 Å². The van der Waals surface area contributed by atoms with Crippen molar-refractivity contribution in [3.63, 3.8) is 0 Å². The average Bonchev–Trinajstić information content (AvgIpc) is 2.93. The standard InChI is InChI=1S/C19H16ClN3O/c20-14-6-7-15-16(10-14)19(13-4-2-1-3-5-13)21-11-18-17(15)12-23(22-18)8-9-24/h1-7,10,12,24H,8-9,11H2. The molecule has 5 heteroatoms. The SMILES string of the molecule is OCCn1cc2c(n1)CN=C(c1ccccc1)c1cc(Cl)ccc1-2. The topological polar surface area (TPSA) is 50.4 Å². The highest BCUT2D eigenvalue weighted by molar-refractivity contribution is 6.31. The van der Waals surface area contributed by atoms with Crippen LogP contribution in [0, 0.1) is 0 Å². The first-order valence-corrected chi connectivity index (χ1v) is 8.21. The molecule has 0 amide bonds. The summed E-state index contributed by atoms with van der Waals surface area (Å²) in [6.45, 7) is 1.04.